The van der Waals surface area contributed by atoms with Gasteiger partial charge in [-0.1, -0.05) is 48.5 Å². The van der Waals surface area contributed by atoms with Gasteiger partial charge >= 0.3 is 0 Å². The molecule has 1 N–H and O–H groups in total. The molecule has 1 aliphatic heterocycles. The van der Waals surface area contributed by atoms with E-state index in [2.05, 4.69) is 28.1 Å². The Bertz CT molecular complexity index is 1140. The van der Waals surface area contributed by atoms with E-state index in [-0.39, 0.29) is 11.7 Å². The fourth-order valence-corrected chi connectivity index (χ4v) is 4.11. The summed E-state index contributed by atoms with van der Waals surface area (Å²) in [5, 5.41) is 13.6. The van der Waals surface area contributed by atoms with Crippen LogP contribution in [-0.2, 0) is 0 Å². The minimum absolute atomic E-state index is 0.0799. The third-order valence-electron chi connectivity index (χ3n) is 5.61. The van der Waals surface area contributed by atoms with Crippen LogP contribution in [0.15, 0.2) is 72.9 Å². The Morgan fingerprint density at radius 1 is 0.828 bits per heavy atom. The molecule has 0 spiro atoms. The average Bonchev–Trinajstić information content (AvgIpc) is 2.77. The lowest BCUT2D eigenvalue weighted by Gasteiger charge is -2.35. The van der Waals surface area contributed by atoms with E-state index in [0.717, 1.165) is 32.9 Å². The van der Waals surface area contributed by atoms with Crippen molar-refractivity contribution in [3.05, 3.63) is 78.5 Å². The van der Waals surface area contributed by atoms with Gasteiger partial charge in [0, 0.05) is 26.2 Å². The monoisotopic (exact) mass is 383 g/mol. The first kappa shape index (κ1) is 17.5. The average molecular weight is 383 g/mol. The highest BCUT2D eigenvalue weighted by molar-refractivity contribution is 6.18. The Kier molecular flexibility index (Phi) is 4.28. The molecule has 1 saturated heterocycles. The van der Waals surface area contributed by atoms with Crippen LogP contribution in [0.1, 0.15) is 10.4 Å². The third-order valence-corrected chi connectivity index (χ3v) is 5.61. The number of amides is 1. The Labute approximate surface area is 168 Å². The first-order valence-corrected chi connectivity index (χ1v) is 9.80. The van der Waals surface area contributed by atoms with Crippen molar-refractivity contribution >= 4 is 33.3 Å². The second kappa shape index (κ2) is 7.09. The van der Waals surface area contributed by atoms with Gasteiger partial charge in [0.1, 0.15) is 11.6 Å². The molecule has 1 amide bonds. The molecule has 144 valence electrons. The molecule has 1 aromatic heterocycles. The maximum atomic E-state index is 13.6. The number of rotatable bonds is 2. The van der Waals surface area contributed by atoms with E-state index in [0.29, 0.717) is 26.2 Å². The molecular formula is C24H21N3O2. The summed E-state index contributed by atoms with van der Waals surface area (Å²) >= 11 is 0. The minimum atomic E-state index is 0.0799. The number of anilines is 1. The van der Waals surface area contributed by atoms with Crippen LogP contribution in [0.25, 0.3) is 21.5 Å². The van der Waals surface area contributed by atoms with E-state index in [9.17, 15) is 9.90 Å². The quantitative estimate of drug-likeness (QED) is 0.531. The predicted octanol–water partition coefficient (Wildman–Crippen LogP) is 4.06. The van der Waals surface area contributed by atoms with Gasteiger partial charge in [-0.15, -0.1) is 0 Å². The Balaban J connectivity index is 1.46. The normalized spacial score (nSPS) is 14.5. The summed E-state index contributed by atoms with van der Waals surface area (Å²) in [6.07, 6.45) is 1.45. The maximum Gasteiger partial charge on any atom is 0.255 e. The highest BCUT2D eigenvalue weighted by Gasteiger charge is 2.25. The summed E-state index contributed by atoms with van der Waals surface area (Å²) in [6.45, 7) is 2.70. The number of benzene rings is 3. The van der Waals surface area contributed by atoms with Crippen LogP contribution in [0.5, 0.6) is 5.75 Å². The van der Waals surface area contributed by atoms with Crippen LogP contribution >= 0.6 is 0 Å². The molecular weight excluding hydrogens is 362 g/mol. The van der Waals surface area contributed by atoms with E-state index >= 15 is 0 Å². The molecule has 3 aromatic carbocycles. The number of piperazine rings is 1. The van der Waals surface area contributed by atoms with Gasteiger partial charge < -0.3 is 14.9 Å². The van der Waals surface area contributed by atoms with Crippen molar-refractivity contribution in [3.63, 3.8) is 0 Å². The zero-order valence-electron chi connectivity index (χ0n) is 16.0. The minimum Gasteiger partial charge on any atom is -0.506 e. The molecule has 5 heteroatoms. The summed E-state index contributed by atoms with van der Waals surface area (Å²) in [7, 11) is 0. The van der Waals surface area contributed by atoms with Crippen LogP contribution in [0.3, 0.4) is 0 Å². The second-order valence-electron chi connectivity index (χ2n) is 7.35. The van der Waals surface area contributed by atoms with Gasteiger partial charge in [-0.2, -0.15) is 0 Å². The van der Waals surface area contributed by atoms with E-state index < -0.39 is 0 Å². The van der Waals surface area contributed by atoms with Gasteiger partial charge in [0.25, 0.3) is 5.91 Å². The molecule has 0 atom stereocenters. The van der Waals surface area contributed by atoms with Gasteiger partial charge in [-0.25, -0.2) is 4.98 Å². The number of hydrogen-bond acceptors (Lipinski definition) is 4. The molecule has 0 unspecified atom stereocenters. The largest absolute Gasteiger partial charge is 0.506 e. The highest BCUT2D eigenvalue weighted by Crippen LogP contribution is 2.30. The smallest absolute Gasteiger partial charge is 0.255 e. The van der Waals surface area contributed by atoms with Gasteiger partial charge in [0.05, 0.1) is 11.8 Å². The van der Waals surface area contributed by atoms with Crippen LogP contribution in [-0.4, -0.2) is 47.1 Å². The van der Waals surface area contributed by atoms with Gasteiger partial charge in [-0.3, -0.25) is 4.79 Å². The number of carbonyl (C=O) groups is 1. The topological polar surface area (TPSA) is 56.7 Å². The molecule has 1 fully saturated rings. The number of hydrogen-bond donors (Lipinski definition) is 1. The summed E-state index contributed by atoms with van der Waals surface area (Å²) in [4.78, 5) is 21.9. The second-order valence-corrected chi connectivity index (χ2v) is 7.35. The standard InChI is InChI=1S/C24H21N3O2/c28-19-9-10-22(25-16-19)26-11-13-27(14-12-26)24(29)23-20-7-3-1-5-17(20)15-18-6-2-4-8-21(18)23/h1-10,15-16,28H,11-14H2. The number of carbonyl (C=O) groups excluding carboxylic acids is 1. The van der Waals surface area contributed by atoms with Gasteiger partial charge in [0.15, 0.2) is 0 Å². The van der Waals surface area contributed by atoms with Crippen molar-refractivity contribution in [2.45, 2.75) is 0 Å². The maximum absolute atomic E-state index is 13.6. The molecule has 0 saturated carbocycles. The highest BCUT2D eigenvalue weighted by atomic mass is 16.3. The van der Waals surface area contributed by atoms with E-state index in [4.69, 9.17) is 0 Å². The van der Waals surface area contributed by atoms with Crippen LogP contribution < -0.4 is 4.90 Å². The van der Waals surface area contributed by atoms with Gasteiger partial charge in [-0.05, 0) is 39.7 Å². The molecule has 1 aliphatic rings. The molecule has 4 aromatic rings. The van der Waals surface area contributed by atoms with E-state index in [1.807, 2.05) is 47.4 Å². The Hall–Kier alpha value is -3.60. The first-order chi connectivity index (χ1) is 14.2. The summed E-state index contributed by atoms with van der Waals surface area (Å²) in [5.74, 6) is 1.06. The van der Waals surface area contributed by atoms with Crippen molar-refractivity contribution in [1.82, 2.24) is 9.88 Å². The number of aromatic nitrogens is 1. The summed E-state index contributed by atoms with van der Waals surface area (Å²) < 4.78 is 0. The van der Waals surface area contributed by atoms with Crippen molar-refractivity contribution < 1.29 is 9.90 Å². The van der Waals surface area contributed by atoms with E-state index in [1.165, 1.54) is 6.20 Å². The molecule has 29 heavy (non-hydrogen) atoms. The number of pyridine rings is 1. The van der Waals surface area contributed by atoms with Crippen molar-refractivity contribution in [1.29, 1.82) is 0 Å². The lowest BCUT2D eigenvalue weighted by molar-refractivity contribution is 0.0750. The molecule has 0 aliphatic carbocycles. The number of nitrogens with zero attached hydrogens (tertiary/aromatic N) is 3. The number of fused-ring (bicyclic) bond motifs is 2. The lowest BCUT2D eigenvalue weighted by atomic mass is 9.95. The Morgan fingerprint density at radius 2 is 1.45 bits per heavy atom. The third kappa shape index (κ3) is 3.14. The van der Waals surface area contributed by atoms with Crippen LogP contribution in [0.4, 0.5) is 5.82 Å². The lowest BCUT2D eigenvalue weighted by Crippen LogP contribution is -2.49. The van der Waals surface area contributed by atoms with Crippen molar-refractivity contribution in [2.24, 2.45) is 0 Å². The summed E-state index contributed by atoms with van der Waals surface area (Å²) in [6, 6.07) is 21.8. The fraction of sp³-hybridized carbons (Fsp3) is 0.167. The molecule has 0 radical (unpaired) electrons. The zero-order valence-corrected chi connectivity index (χ0v) is 16.0. The molecule has 5 rings (SSSR count). The number of aromatic hydroxyl groups is 1. The first-order valence-electron chi connectivity index (χ1n) is 9.80. The molecule has 0 bridgehead atoms. The fourth-order valence-electron chi connectivity index (χ4n) is 4.11. The van der Waals surface area contributed by atoms with Crippen molar-refractivity contribution in [3.8, 4) is 5.75 Å². The Morgan fingerprint density at radius 3 is 2.03 bits per heavy atom. The molecule has 5 nitrogen and oxygen atoms in total. The van der Waals surface area contributed by atoms with Crippen LogP contribution in [0, 0.1) is 0 Å². The van der Waals surface area contributed by atoms with E-state index in [1.54, 1.807) is 6.07 Å². The zero-order chi connectivity index (χ0) is 19.8. The predicted molar refractivity (Wildman–Crippen MR) is 115 cm³/mol. The van der Waals surface area contributed by atoms with Gasteiger partial charge in [0.2, 0.25) is 0 Å². The van der Waals surface area contributed by atoms with Crippen molar-refractivity contribution in [2.75, 3.05) is 31.1 Å². The SMILES string of the molecule is O=C(c1c2ccccc2cc2ccccc12)N1CCN(c2ccc(O)cn2)CC1. The molecule has 2 heterocycles. The summed E-state index contributed by atoms with van der Waals surface area (Å²) in [5.41, 5.74) is 0.787. The van der Waals surface area contributed by atoms with Crippen LogP contribution in [0.2, 0.25) is 0 Å².